The molecule has 0 aromatic heterocycles. The first-order chi connectivity index (χ1) is 10.1. The first-order valence-electron chi connectivity index (χ1n) is 7.62. The van der Waals surface area contributed by atoms with Gasteiger partial charge in [0.15, 0.2) is 0 Å². The summed E-state index contributed by atoms with van der Waals surface area (Å²) in [6.45, 7) is 4.16. The van der Waals surface area contributed by atoms with Gasteiger partial charge in [0.05, 0.1) is 23.5 Å². The van der Waals surface area contributed by atoms with Crippen LogP contribution >= 0.6 is 0 Å². The molecule has 0 radical (unpaired) electrons. The lowest BCUT2D eigenvalue weighted by molar-refractivity contribution is 0.0526. The molecule has 1 fully saturated rings. The molecule has 5 nitrogen and oxygen atoms in total. The summed E-state index contributed by atoms with van der Waals surface area (Å²) in [4.78, 5) is 14.1. The molecule has 0 spiro atoms. The Kier molecular flexibility index (Phi) is 5.44. The number of esters is 1. The van der Waals surface area contributed by atoms with E-state index >= 15 is 0 Å². The van der Waals surface area contributed by atoms with Crippen LogP contribution in [-0.2, 0) is 4.74 Å². The number of nitrogen functional groups attached to an aromatic ring is 1. The average Bonchev–Trinajstić information content (AvgIpc) is 2.48. The van der Waals surface area contributed by atoms with Crippen molar-refractivity contribution in [1.82, 2.24) is 4.90 Å². The van der Waals surface area contributed by atoms with E-state index in [1.807, 2.05) is 0 Å². The Hall–Kier alpha value is -1.75. The number of anilines is 2. The van der Waals surface area contributed by atoms with Gasteiger partial charge in [0.25, 0.3) is 0 Å². The standard InChI is InChI=1S/C16H25N3O2/c1-3-21-16(20)12-7-8-14(17)15(10-12)18-11-13-6-4-5-9-19(13)2/h7-8,10,13,18H,3-6,9,11,17H2,1-2H3. The molecule has 2 rings (SSSR count). The highest BCUT2D eigenvalue weighted by molar-refractivity contribution is 5.92. The van der Waals surface area contributed by atoms with E-state index in [0.29, 0.717) is 23.9 Å². The van der Waals surface area contributed by atoms with Crippen molar-refractivity contribution in [3.63, 3.8) is 0 Å². The fourth-order valence-corrected chi connectivity index (χ4v) is 2.68. The van der Waals surface area contributed by atoms with Crippen LogP contribution in [0.3, 0.4) is 0 Å². The van der Waals surface area contributed by atoms with Gasteiger partial charge in [0.1, 0.15) is 0 Å². The number of benzene rings is 1. The summed E-state index contributed by atoms with van der Waals surface area (Å²) in [5, 5.41) is 3.38. The minimum Gasteiger partial charge on any atom is -0.462 e. The van der Waals surface area contributed by atoms with E-state index in [-0.39, 0.29) is 5.97 Å². The van der Waals surface area contributed by atoms with Gasteiger partial charge in [-0.1, -0.05) is 6.42 Å². The summed E-state index contributed by atoms with van der Waals surface area (Å²) < 4.78 is 5.02. The molecule has 1 unspecified atom stereocenters. The Morgan fingerprint density at radius 3 is 3.00 bits per heavy atom. The van der Waals surface area contributed by atoms with Crippen LogP contribution in [0.1, 0.15) is 36.5 Å². The van der Waals surface area contributed by atoms with E-state index in [1.54, 1.807) is 25.1 Å². The second kappa shape index (κ2) is 7.31. The number of carbonyl (C=O) groups excluding carboxylic acids is 1. The molecule has 1 aromatic rings. The summed E-state index contributed by atoms with van der Waals surface area (Å²) in [6, 6.07) is 5.74. The maximum Gasteiger partial charge on any atom is 0.338 e. The fourth-order valence-electron chi connectivity index (χ4n) is 2.68. The number of hydrogen-bond acceptors (Lipinski definition) is 5. The van der Waals surface area contributed by atoms with Crippen molar-refractivity contribution in [2.24, 2.45) is 0 Å². The lowest BCUT2D eigenvalue weighted by Crippen LogP contribution is -2.40. The first-order valence-corrected chi connectivity index (χ1v) is 7.62. The molecule has 0 aliphatic carbocycles. The predicted octanol–water partition coefficient (Wildman–Crippen LogP) is 2.34. The molecule has 5 heteroatoms. The smallest absolute Gasteiger partial charge is 0.338 e. The van der Waals surface area contributed by atoms with E-state index in [2.05, 4.69) is 17.3 Å². The van der Waals surface area contributed by atoms with Gasteiger partial charge in [0, 0.05) is 12.6 Å². The quantitative estimate of drug-likeness (QED) is 0.644. The number of piperidine rings is 1. The zero-order valence-corrected chi connectivity index (χ0v) is 12.9. The minimum atomic E-state index is -0.310. The van der Waals surface area contributed by atoms with Gasteiger partial charge in [-0.2, -0.15) is 0 Å². The largest absolute Gasteiger partial charge is 0.462 e. The summed E-state index contributed by atoms with van der Waals surface area (Å²) >= 11 is 0. The van der Waals surface area contributed by atoms with Crippen LogP contribution in [0.2, 0.25) is 0 Å². The highest BCUT2D eigenvalue weighted by atomic mass is 16.5. The van der Waals surface area contributed by atoms with Crippen molar-refractivity contribution in [2.75, 3.05) is 37.8 Å². The number of ether oxygens (including phenoxy) is 1. The maximum absolute atomic E-state index is 11.8. The first kappa shape index (κ1) is 15.6. The number of likely N-dealkylation sites (N-methyl/N-ethyl adjacent to an activating group) is 1. The third kappa shape index (κ3) is 4.11. The number of nitrogens with two attached hydrogens (primary N) is 1. The van der Waals surface area contributed by atoms with Crippen molar-refractivity contribution < 1.29 is 9.53 Å². The SMILES string of the molecule is CCOC(=O)c1ccc(N)c(NCC2CCCCN2C)c1. The monoisotopic (exact) mass is 291 g/mol. The second-order valence-corrected chi connectivity index (χ2v) is 5.53. The fraction of sp³-hybridized carbons (Fsp3) is 0.562. The van der Waals surface area contributed by atoms with Crippen LogP contribution in [0.4, 0.5) is 11.4 Å². The van der Waals surface area contributed by atoms with E-state index in [1.165, 1.54) is 19.3 Å². The number of nitrogens with one attached hydrogen (secondary N) is 1. The Morgan fingerprint density at radius 2 is 2.29 bits per heavy atom. The van der Waals surface area contributed by atoms with Crippen LogP contribution in [0, 0.1) is 0 Å². The molecule has 1 atom stereocenters. The van der Waals surface area contributed by atoms with Crippen molar-refractivity contribution in [2.45, 2.75) is 32.2 Å². The average molecular weight is 291 g/mol. The van der Waals surface area contributed by atoms with Gasteiger partial charge >= 0.3 is 5.97 Å². The number of hydrogen-bond donors (Lipinski definition) is 2. The van der Waals surface area contributed by atoms with Gasteiger partial charge in [-0.3, -0.25) is 0 Å². The van der Waals surface area contributed by atoms with Crippen molar-refractivity contribution in [3.8, 4) is 0 Å². The maximum atomic E-state index is 11.8. The van der Waals surface area contributed by atoms with Gasteiger partial charge in [-0.25, -0.2) is 4.79 Å². The van der Waals surface area contributed by atoms with E-state index in [9.17, 15) is 4.79 Å². The molecule has 1 aliphatic heterocycles. The van der Waals surface area contributed by atoms with Crippen molar-refractivity contribution in [3.05, 3.63) is 23.8 Å². The van der Waals surface area contributed by atoms with E-state index < -0.39 is 0 Å². The number of nitrogens with zero attached hydrogens (tertiary/aromatic N) is 1. The molecule has 3 N–H and O–H groups in total. The predicted molar refractivity (Wildman–Crippen MR) is 85.6 cm³/mol. The number of likely N-dealkylation sites (tertiary alicyclic amines) is 1. The van der Waals surface area contributed by atoms with Crippen LogP contribution in [0.25, 0.3) is 0 Å². The zero-order chi connectivity index (χ0) is 15.2. The highest BCUT2D eigenvalue weighted by Gasteiger charge is 2.19. The normalized spacial score (nSPS) is 19.2. The van der Waals surface area contributed by atoms with Crippen LogP contribution in [0.5, 0.6) is 0 Å². The van der Waals surface area contributed by atoms with Gasteiger partial charge in [-0.05, 0) is 51.6 Å². The molecule has 1 saturated heterocycles. The minimum absolute atomic E-state index is 0.310. The van der Waals surface area contributed by atoms with E-state index in [4.69, 9.17) is 10.5 Å². The summed E-state index contributed by atoms with van der Waals surface area (Å²) in [5.74, 6) is -0.310. The lowest BCUT2D eigenvalue weighted by atomic mass is 10.0. The van der Waals surface area contributed by atoms with Gasteiger partial charge in [-0.15, -0.1) is 0 Å². The zero-order valence-electron chi connectivity index (χ0n) is 12.9. The third-order valence-corrected chi connectivity index (χ3v) is 4.01. The van der Waals surface area contributed by atoms with E-state index in [0.717, 1.165) is 18.8 Å². The molecule has 1 aromatic carbocycles. The molecule has 0 saturated carbocycles. The summed E-state index contributed by atoms with van der Waals surface area (Å²) in [6.07, 6.45) is 3.74. The highest BCUT2D eigenvalue weighted by Crippen LogP contribution is 2.22. The van der Waals surface area contributed by atoms with Gasteiger partial charge < -0.3 is 20.7 Å². The topological polar surface area (TPSA) is 67.6 Å². The number of rotatable bonds is 5. The molecule has 0 bridgehead atoms. The lowest BCUT2D eigenvalue weighted by Gasteiger charge is -2.32. The molecular weight excluding hydrogens is 266 g/mol. The molecule has 1 heterocycles. The Bertz CT molecular complexity index is 490. The molecule has 0 amide bonds. The van der Waals surface area contributed by atoms with Crippen molar-refractivity contribution >= 4 is 17.3 Å². The summed E-state index contributed by atoms with van der Waals surface area (Å²) in [5.41, 5.74) is 7.98. The molecular formula is C16H25N3O2. The Labute approximate surface area is 126 Å². The van der Waals surface area contributed by atoms with Crippen molar-refractivity contribution in [1.29, 1.82) is 0 Å². The Balaban J connectivity index is 2.01. The number of carbonyl (C=O) groups is 1. The van der Waals surface area contributed by atoms with Crippen LogP contribution in [-0.4, -0.2) is 43.7 Å². The third-order valence-electron chi connectivity index (χ3n) is 4.01. The molecule has 116 valence electrons. The second-order valence-electron chi connectivity index (χ2n) is 5.53. The Morgan fingerprint density at radius 1 is 1.48 bits per heavy atom. The molecule has 1 aliphatic rings. The van der Waals surface area contributed by atoms with Crippen LogP contribution in [0.15, 0.2) is 18.2 Å². The molecule has 21 heavy (non-hydrogen) atoms. The summed E-state index contributed by atoms with van der Waals surface area (Å²) in [7, 11) is 2.16. The van der Waals surface area contributed by atoms with Crippen LogP contribution < -0.4 is 11.1 Å². The van der Waals surface area contributed by atoms with Gasteiger partial charge in [0.2, 0.25) is 0 Å².